The standard InChI is InChI=1S/C18H26FNO/c1-13-11-14(19)7-8-15(13)21-17-12-16(20-2)18(17)9-5-3-4-6-10-18/h7-8,11,16-17,20H,3-6,9-10,12H2,1-2H3. The number of hydrogen-bond acceptors (Lipinski definition) is 2. The Balaban J connectivity index is 1.78. The van der Waals surface area contributed by atoms with E-state index in [0.29, 0.717) is 6.04 Å². The molecule has 3 heteroatoms. The zero-order chi connectivity index (χ0) is 14.9. The van der Waals surface area contributed by atoms with Gasteiger partial charge in [-0.05, 0) is 50.6 Å². The van der Waals surface area contributed by atoms with Crippen LogP contribution in [0.3, 0.4) is 0 Å². The first-order chi connectivity index (χ1) is 10.2. The quantitative estimate of drug-likeness (QED) is 0.900. The van der Waals surface area contributed by atoms with Crippen LogP contribution in [-0.2, 0) is 0 Å². The molecule has 0 saturated heterocycles. The fourth-order valence-corrected chi connectivity index (χ4v) is 4.27. The summed E-state index contributed by atoms with van der Waals surface area (Å²) in [5.74, 6) is 0.658. The van der Waals surface area contributed by atoms with E-state index in [1.165, 1.54) is 44.6 Å². The van der Waals surface area contributed by atoms with Crippen LogP contribution >= 0.6 is 0 Å². The third kappa shape index (κ3) is 2.68. The topological polar surface area (TPSA) is 21.3 Å². The molecule has 0 bridgehead atoms. The molecule has 1 N–H and O–H groups in total. The second-order valence-electron chi connectivity index (χ2n) is 6.74. The summed E-state index contributed by atoms with van der Waals surface area (Å²) in [6, 6.07) is 5.41. The highest BCUT2D eigenvalue weighted by atomic mass is 19.1. The lowest BCUT2D eigenvalue weighted by Crippen LogP contribution is -2.64. The summed E-state index contributed by atoms with van der Waals surface area (Å²) < 4.78 is 19.5. The van der Waals surface area contributed by atoms with E-state index in [4.69, 9.17) is 4.74 Å². The molecule has 2 atom stereocenters. The van der Waals surface area contributed by atoms with Crippen LogP contribution in [0.1, 0.15) is 50.5 Å². The average molecular weight is 291 g/mol. The number of nitrogens with one attached hydrogen (secondary N) is 1. The van der Waals surface area contributed by atoms with Gasteiger partial charge in [-0.15, -0.1) is 0 Å². The molecule has 1 aromatic rings. The predicted octanol–water partition coefficient (Wildman–Crippen LogP) is 4.21. The molecule has 2 unspecified atom stereocenters. The highest BCUT2D eigenvalue weighted by molar-refractivity contribution is 5.33. The van der Waals surface area contributed by atoms with Crippen molar-refractivity contribution in [3.05, 3.63) is 29.6 Å². The van der Waals surface area contributed by atoms with Gasteiger partial charge in [-0.3, -0.25) is 0 Å². The lowest BCUT2D eigenvalue weighted by Gasteiger charge is -2.55. The largest absolute Gasteiger partial charge is 0.489 e. The Labute approximate surface area is 127 Å². The van der Waals surface area contributed by atoms with Gasteiger partial charge in [0.05, 0.1) is 0 Å². The molecule has 21 heavy (non-hydrogen) atoms. The van der Waals surface area contributed by atoms with Crippen LogP contribution in [0.4, 0.5) is 4.39 Å². The van der Waals surface area contributed by atoms with Gasteiger partial charge in [0.25, 0.3) is 0 Å². The van der Waals surface area contributed by atoms with E-state index in [-0.39, 0.29) is 17.3 Å². The van der Waals surface area contributed by atoms with Crippen LogP contribution in [0, 0.1) is 18.2 Å². The normalized spacial score (nSPS) is 28.0. The summed E-state index contributed by atoms with van der Waals surface area (Å²) in [6.07, 6.45) is 9.15. The molecule has 116 valence electrons. The Morgan fingerprint density at radius 2 is 1.90 bits per heavy atom. The van der Waals surface area contributed by atoms with Gasteiger partial charge in [-0.2, -0.15) is 0 Å². The maximum absolute atomic E-state index is 13.2. The van der Waals surface area contributed by atoms with E-state index in [2.05, 4.69) is 12.4 Å². The minimum atomic E-state index is -0.189. The van der Waals surface area contributed by atoms with Crippen LogP contribution in [0.25, 0.3) is 0 Å². The first kappa shape index (κ1) is 14.8. The summed E-state index contributed by atoms with van der Waals surface area (Å²) in [5.41, 5.74) is 1.18. The molecule has 1 spiro atoms. The van der Waals surface area contributed by atoms with Crippen molar-refractivity contribution in [1.82, 2.24) is 5.32 Å². The molecule has 0 aliphatic heterocycles. The van der Waals surface area contributed by atoms with Crippen LogP contribution in [0.5, 0.6) is 5.75 Å². The van der Waals surface area contributed by atoms with E-state index in [1.54, 1.807) is 12.1 Å². The van der Waals surface area contributed by atoms with Crippen LogP contribution in [0.2, 0.25) is 0 Å². The molecule has 2 aliphatic carbocycles. The summed E-state index contributed by atoms with van der Waals surface area (Å²) in [7, 11) is 2.07. The van der Waals surface area contributed by atoms with Gasteiger partial charge >= 0.3 is 0 Å². The Morgan fingerprint density at radius 1 is 1.19 bits per heavy atom. The smallest absolute Gasteiger partial charge is 0.123 e. The first-order valence-corrected chi connectivity index (χ1v) is 8.26. The minimum absolute atomic E-state index is 0.189. The number of rotatable bonds is 3. The third-order valence-electron chi connectivity index (χ3n) is 5.57. The van der Waals surface area contributed by atoms with Gasteiger partial charge in [-0.25, -0.2) is 4.39 Å². The van der Waals surface area contributed by atoms with Gasteiger partial charge < -0.3 is 10.1 Å². The van der Waals surface area contributed by atoms with E-state index >= 15 is 0 Å². The Morgan fingerprint density at radius 3 is 2.52 bits per heavy atom. The molecule has 2 nitrogen and oxygen atoms in total. The SMILES string of the molecule is CNC1CC(Oc2ccc(F)cc2C)C12CCCCCC2. The zero-order valence-corrected chi connectivity index (χ0v) is 13.1. The van der Waals surface area contributed by atoms with Crippen molar-refractivity contribution in [2.24, 2.45) is 5.41 Å². The van der Waals surface area contributed by atoms with Gasteiger partial charge in [0.1, 0.15) is 17.7 Å². The molecular weight excluding hydrogens is 265 g/mol. The Bertz CT molecular complexity index is 494. The van der Waals surface area contributed by atoms with Gasteiger partial charge in [-0.1, -0.05) is 25.7 Å². The summed E-state index contributed by atoms with van der Waals surface area (Å²) in [4.78, 5) is 0. The molecule has 0 amide bonds. The highest BCUT2D eigenvalue weighted by Crippen LogP contribution is 2.52. The second kappa shape index (κ2) is 5.96. The monoisotopic (exact) mass is 291 g/mol. The summed E-state index contributed by atoms with van der Waals surface area (Å²) >= 11 is 0. The van der Waals surface area contributed by atoms with Crippen LogP contribution in [0.15, 0.2) is 18.2 Å². The number of benzene rings is 1. The highest BCUT2D eigenvalue weighted by Gasteiger charge is 2.55. The number of aryl methyl sites for hydroxylation is 1. The maximum Gasteiger partial charge on any atom is 0.123 e. The summed E-state index contributed by atoms with van der Waals surface area (Å²) in [6.45, 7) is 1.92. The minimum Gasteiger partial charge on any atom is -0.489 e. The Hall–Kier alpha value is -1.09. The summed E-state index contributed by atoms with van der Waals surface area (Å²) in [5, 5.41) is 3.49. The van der Waals surface area contributed by atoms with Crippen molar-refractivity contribution >= 4 is 0 Å². The molecule has 0 radical (unpaired) electrons. The van der Waals surface area contributed by atoms with Crippen molar-refractivity contribution in [3.63, 3.8) is 0 Å². The third-order valence-corrected chi connectivity index (χ3v) is 5.57. The zero-order valence-electron chi connectivity index (χ0n) is 13.1. The Kier molecular flexibility index (Phi) is 4.21. The second-order valence-corrected chi connectivity index (χ2v) is 6.74. The average Bonchev–Trinajstić information content (AvgIpc) is 2.72. The maximum atomic E-state index is 13.2. The van der Waals surface area contributed by atoms with E-state index in [9.17, 15) is 4.39 Å². The van der Waals surface area contributed by atoms with Crippen LogP contribution < -0.4 is 10.1 Å². The number of halogens is 1. The van der Waals surface area contributed by atoms with Gasteiger partial charge in [0, 0.05) is 17.9 Å². The molecule has 0 aromatic heterocycles. The fraction of sp³-hybridized carbons (Fsp3) is 0.667. The van der Waals surface area contributed by atoms with Crippen molar-refractivity contribution in [2.45, 2.75) is 64.0 Å². The van der Waals surface area contributed by atoms with Crippen molar-refractivity contribution in [2.75, 3.05) is 7.05 Å². The van der Waals surface area contributed by atoms with Crippen molar-refractivity contribution in [3.8, 4) is 5.75 Å². The predicted molar refractivity (Wildman–Crippen MR) is 83.2 cm³/mol. The number of ether oxygens (including phenoxy) is 1. The fourth-order valence-electron chi connectivity index (χ4n) is 4.27. The van der Waals surface area contributed by atoms with Crippen LogP contribution in [-0.4, -0.2) is 19.2 Å². The van der Waals surface area contributed by atoms with E-state index < -0.39 is 0 Å². The molecule has 3 rings (SSSR count). The van der Waals surface area contributed by atoms with Crippen molar-refractivity contribution < 1.29 is 9.13 Å². The molecule has 1 aromatic carbocycles. The molecular formula is C18H26FNO. The first-order valence-electron chi connectivity index (χ1n) is 8.26. The van der Waals surface area contributed by atoms with Gasteiger partial charge in [0.2, 0.25) is 0 Å². The molecule has 2 aliphatic rings. The molecule has 2 fully saturated rings. The number of hydrogen-bond donors (Lipinski definition) is 1. The van der Waals surface area contributed by atoms with E-state index in [0.717, 1.165) is 17.7 Å². The van der Waals surface area contributed by atoms with E-state index in [1.807, 2.05) is 6.92 Å². The van der Waals surface area contributed by atoms with Crippen molar-refractivity contribution in [1.29, 1.82) is 0 Å². The lowest BCUT2D eigenvalue weighted by molar-refractivity contribution is -0.0884. The molecule has 2 saturated carbocycles. The van der Waals surface area contributed by atoms with Gasteiger partial charge in [0.15, 0.2) is 0 Å². The lowest BCUT2D eigenvalue weighted by atomic mass is 9.58. The molecule has 0 heterocycles.